The highest BCUT2D eigenvalue weighted by Crippen LogP contribution is 2.22. The zero-order valence-electron chi connectivity index (χ0n) is 8.63. The smallest absolute Gasteiger partial charge is 0.341 e. The maximum Gasteiger partial charge on any atom is 0.341 e. The van der Waals surface area contributed by atoms with Gasteiger partial charge in [-0.05, 0) is 44.0 Å². The van der Waals surface area contributed by atoms with Gasteiger partial charge in [0.15, 0.2) is 0 Å². The van der Waals surface area contributed by atoms with E-state index >= 15 is 0 Å². The van der Waals surface area contributed by atoms with Gasteiger partial charge in [0.25, 0.3) is 0 Å². The first-order valence-corrected chi connectivity index (χ1v) is 4.53. The molecule has 0 saturated carbocycles. The third kappa shape index (κ3) is 2.05. The fourth-order valence-corrected chi connectivity index (χ4v) is 1.17. The summed E-state index contributed by atoms with van der Waals surface area (Å²) >= 11 is 0. The van der Waals surface area contributed by atoms with Crippen molar-refractivity contribution in [1.29, 1.82) is 0 Å². The number of benzene rings is 1. The van der Waals surface area contributed by atoms with Gasteiger partial charge in [0, 0.05) is 0 Å². The fraction of sp³-hybridized carbons (Fsp3) is 0.364. The molecule has 0 heterocycles. The maximum atomic E-state index is 11.3. The van der Waals surface area contributed by atoms with Crippen molar-refractivity contribution in [3.8, 4) is 5.75 Å². The Labute approximate surface area is 83.3 Å². The lowest BCUT2D eigenvalue weighted by molar-refractivity contribution is 0.0523. The highest BCUT2D eigenvalue weighted by Gasteiger charge is 2.13. The molecule has 1 N–H and O–H groups in total. The molecule has 0 bridgehead atoms. The quantitative estimate of drug-likeness (QED) is 0.734. The van der Waals surface area contributed by atoms with Crippen molar-refractivity contribution in [2.75, 3.05) is 6.61 Å². The van der Waals surface area contributed by atoms with E-state index in [9.17, 15) is 9.90 Å². The lowest BCUT2D eigenvalue weighted by Crippen LogP contribution is -2.05. The Hall–Kier alpha value is -1.51. The van der Waals surface area contributed by atoms with Gasteiger partial charge in [0.1, 0.15) is 11.3 Å². The third-order valence-corrected chi connectivity index (χ3v) is 2.11. The summed E-state index contributed by atoms with van der Waals surface area (Å²) in [6, 6.07) is 3.21. The largest absolute Gasteiger partial charge is 0.507 e. The summed E-state index contributed by atoms with van der Waals surface area (Å²) in [6.07, 6.45) is 0. The van der Waals surface area contributed by atoms with Crippen molar-refractivity contribution in [2.45, 2.75) is 20.8 Å². The van der Waals surface area contributed by atoms with Crippen molar-refractivity contribution >= 4 is 5.97 Å². The molecule has 0 aliphatic rings. The Kier molecular flexibility index (Phi) is 3.12. The summed E-state index contributed by atoms with van der Waals surface area (Å²) in [6.45, 7) is 5.81. The van der Waals surface area contributed by atoms with Crippen LogP contribution in [0.4, 0.5) is 0 Å². The number of hydrogen-bond donors (Lipinski definition) is 1. The van der Waals surface area contributed by atoms with Gasteiger partial charge in [-0.2, -0.15) is 0 Å². The van der Waals surface area contributed by atoms with Crippen molar-refractivity contribution in [1.82, 2.24) is 0 Å². The van der Waals surface area contributed by atoms with Gasteiger partial charge >= 0.3 is 5.97 Å². The minimum Gasteiger partial charge on any atom is -0.507 e. The van der Waals surface area contributed by atoms with Crippen LogP contribution in [-0.4, -0.2) is 17.7 Å². The summed E-state index contributed by atoms with van der Waals surface area (Å²) in [5, 5.41) is 9.51. The molecular weight excluding hydrogens is 180 g/mol. The lowest BCUT2D eigenvalue weighted by Gasteiger charge is -2.07. The van der Waals surface area contributed by atoms with Crippen LogP contribution in [0.5, 0.6) is 5.75 Å². The number of aryl methyl sites for hydroxylation is 2. The standard InChI is InChI=1S/C11H14O3/c1-4-14-11(13)9-5-7(2)8(3)6-10(9)12/h5-6,12H,4H2,1-3H3. The second-order valence-electron chi connectivity index (χ2n) is 3.17. The topological polar surface area (TPSA) is 46.5 Å². The highest BCUT2D eigenvalue weighted by molar-refractivity contribution is 5.92. The number of esters is 1. The molecule has 0 spiro atoms. The molecule has 1 aromatic carbocycles. The number of phenols is 1. The summed E-state index contributed by atoms with van der Waals surface area (Å²) in [4.78, 5) is 11.3. The van der Waals surface area contributed by atoms with E-state index in [-0.39, 0.29) is 11.3 Å². The van der Waals surface area contributed by atoms with E-state index in [0.717, 1.165) is 11.1 Å². The van der Waals surface area contributed by atoms with Crippen LogP contribution >= 0.6 is 0 Å². The van der Waals surface area contributed by atoms with E-state index in [1.807, 2.05) is 13.8 Å². The first kappa shape index (κ1) is 10.6. The van der Waals surface area contributed by atoms with E-state index in [1.54, 1.807) is 19.1 Å². The Bertz CT molecular complexity index is 356. The minimum absolute atomic E-state index is 0.0217. The zero-order chi connectivity index (χ0) is 10.7. The van der Waals surface area contributed by atoms with E-state index < -0.39 is 5.97 Å². The number of carbonyl (C=O) groups is 1. The molecule has 0 amide bonds. The average Bonchev–Trinajstić information content (AvgIpc) is 2.11. The molecular formula is C11H14O3. The summed E-state index contributed by atoms with van der Waals surface area (Å²) < 4.78 is 4.80. The first-order valence-electron chi connectivity index (χ1n) is 4.53. The normalized spacial score (nSPS) is 9.93. The monoisotopic (exact) mass is 194 g/mol. The van der Waals surface area contributed by atoms with Crippen LogP contribution < -0.4 is 0 Å². The molecule has 0 unspecified atom stereocenters. The Morgan fingerprint density at radius 2 is 1.93 bits per heavy atom. The summed E-state index contributed by atoms with van der Waals surface area (Å²) in [5.41, 5.74) is 2.15. The van der Waals surface area contributed by atoms with Crippen LogP contribution in [0.2, 0.25) is 0 Å². The third-order valence-electron chi connectivity index (χ3n) is 2.11. The summed E-state index contributed by atoms with van der Waals surface area (Å²) in [7, 11) is 0. The fourth-order valence-electron chi connectivity index (χ4n) is 1.17. The number of ether oxygens (including phenoxy) is 1. The van der Waals surface area contributed by atoms with Crippen molar-refractivity contribution in [3.63, 3.8) is 0 Å². The molecule has 76 valence electrons. The number of aromatic hydroxyl groups is 1. The molecule has 1 aromatic rings. The predicted octanol–water partition coefficient (Wildman–Crippen LogP) is 2.19. The van der Waals surface area contributed by atoms with Gasteiger partial charge in [-0.25, -0.2) is 4.79 Å². The molecule has 3 nitrogen and oxygen atoms in total. The molecule has 0 aromatic heterocycles. The van der Waals surface area contributed by atoms with E-state index in [0.29, 0.717) is 6.61 Å². The van der Waals surface area contributed by atoms with E-state index in [2.05, 4.69) is 0 Å². The molecule has 0 aliphatic heterocycles. The van der Waals surface area contributed by atoms with Crippen LogP contribution in [0.1, 0.15) is 28.4 Å². The molecule has 0 aliphatic carbocycles. The minimum atomic E-state index is -0.479. The van der Waals surface area contributed by atoms with Gasteiger partial charge in [-0.15, -0.1) is 0 Å². The van der Waals surface area contributed by atoms with Crippen molar-refractivity contribution in [3.05, 3.63) is 28.8 Å². The Balaban J connectivity index is 3.09. The molecule has 0 radical (unpaired) electrons. The van der Waals surface area contributed by atoms with Crippen molar-refractivity contribution < 1.29 is 14.6 Å². The van der Waals surface area contributed by atoms with E-state index in [4.69, 9.17) is 4.74 Å². The van der Waals surface area contributed by atoms with Gasteiger partial charge in [0.05, 0.1) is 6.61 Å². The van der Waals surface area contributed by atoms with Gasteiger partial charge in [0.2, 0.25) is 0 Å². The van der Waals surface area contributed by atoms with Crippen molar-refractivity contribution in [2.24, 2.45) is 0 Å². The molecule has 0 atom stereocenters. The maximum absolute atomic E-state index is 11.3. The van der Waals surface area contributed by atoms with E-state index in [1.165, 1.54) is 0 Å². The number of carbonyl (C=O) groups excluding carboxylic acids is 1. The first-order chi connectivity index (χ1) is 6.56. The molecule has 1 rings (SSSR count). The van der Waals surface area contributed by atoms with Gasteiger partial charge in [-0.1, -0.05) is 0 Å². The second-order valence-corrected chi connectivity index (χ2v) is 3.17. The average molecular weight is 194 g/mol. The van der Waals surface area contributed by atoms with Gasteiger partial charge in [-0.3, -0.25) is 0 Å². The number of rotatable bonds is 2. The second kappa shape index (κ2) is 4.13. The molecule has 3 heteroatoms. The Morgan fingerprint density at radius 3 is 2.50 bits per heavy atom. The van der Waals surface area contributed by atoms with Crippen LogP contribution in [0, 0.1) is 13.8 Å². The molecule has 14 heavy (non-hydrogen) atoms. The zero-order valence-corrected chi connectivity index (χ0v) is 8.63. The predicted molar refractivity (Wildman–Crippen MR) is 53.5 cm³/mol. The molecule has 0 saturated heterocycles. The van der Waals surface area contributed by atoms with Crippen LogP contribution in [-0.2, 0) is 4.74 Å². The lowest BCUT2D eigenvalue weighted by atomic mass is 10.1. The summed E-state index contributed by atoms with van der Waals surface area (Å²) in [5.74, 6) is -0.500. The van der Waals surface area contributed by atoms with Crippen LogP contribution in [0.3, 0.4) is 0 Å². The SMILES string of the molecule is CCOC(=O)c1cc(C)c(C)cc1O. The van der Waals surface area contributed by atoms with Gasteiger partial charge < -0.3 is 9.84 Å². The Morgan fingerprint density at radius 1 is 1.36 bits per heavy atom. The number of phenolic OH excluding ortho intramolecular Hbond substituents is 1. The molecule has 0 fully saturated rings. The van der Waals surface area contributed by atoms with Crippen LogP contribution in [0.25, 0.3) is 0 Å². The van der Waals surface area contributed by atoms with Crippen LogP contribution in [0.15, 0.2) is 12.1 Å². The number of hydrogen-bond acceptors (Lipinski definition) is 3. The highest BCUT2D eigenvalue weighted by atomic mass is 16.5.